The third kappa shape index (κ3) is 6.33. The lowest BCUT2D eigenvalue weighted by molar-refractivity contribution is -0.117. The molecular weight excluding hydrogens is 460 g/mol. The fourth-order valence-corrected chi connectivity index (χ4v) is 4.02. The van der Waals surface area contributed by atoms with Gasteiger partial charge in [0.2, 0.25) is 5.91 Å². The lowest BCUT2D eigenvalue weighted by Gasteiger charge is -2.19. The molecule has 0 aliphatic heterocycles. The molecule has 7 nitrogen and oxygen atoms in total. The van der Waals surface area contributed by atoms with Crippen LogP contribution in [0.15, 0.2) is 79.3 Å². The van der Waals surface area contributed by atoms with Gasteiger partial charge in [0.15, 0.2) is 0 Å². The molecule has 0 aliphatic rings. The molecule has 0 radical (unpaired) electrons. The smallest absolute Gasteiger partial charge is 0.234 e. The monoisotopic (exact) mass is 484 g/mol. The van der Waals surface area contributed by atoms with E-state index in [9.17, 15) is 4.79 Å². The van der Waals surface area contributed by atoms with Crippen LogP contribution >= 0.6 is 11.6 Å². The maximum atomic E-state index is 13.3. The van der Waals surface area contributed by atoms with E-state index in [2.05, 4.69) is 26.8 Å². The molecule has 0 saturated carbocycles. The van der Waals surface area contributed by atoms with Crippen LogP contribution in [0.3, 0.4) is 0 Å². The summed E-state index contributed by atoms with van der Waals surface area (Å²) in [5.74, 6) is -0.215. The van der Waals surface area contributed by atoms with Crippen molar-refractivity contribution in [1.29, 1.82) is 5.26 Å². The molecule has 0 fully saturated rings. The van der Waals surface area contributed by atoms with Crippen LogP contribution in [0.2, 0.25) is 5.02 Å². The van der Waals surface area contributed by atoms with Crippen molar-refractivity contribution in [3.8, 4) is 17.2 Å². The number of aromatic nitrogens is 3. The highest BCUT2D eigenvalue weighted by atomic mass is 35.5. The molecule has 4 rings (SSSR count). The zero-order chi connectivity index (χ0) is 24.6. The largest absolute Gasteiger partial charge is 0.315 e. The second-order valence-electron chi connectivity index (χ2n) is 8.16. The summed E-state index contributed by atoms with van der Waals surface area (Å²) in [6.45, 7) is 1.10. The van der Waals surface area contributed by atoms with Gasteiger partial charge in [0.25, 0.3) is 0 Å². The number of rotatable bonds is 9. The van der Waals surface area contributed by atoms with Crippen LogP contribution in [-0.4, -0.2) is 33.8 Å². The van der Waals surface area contributed by atoms with Crippen LogP contribution in [0.5, 0.6) is 0 Å². The van der Waals surface area contributed by atoms with Crippen molar-refractivity contribution in [1.82, 2.24) is 20.1 Å². The Hall–Kier alpha value is -3.99. The molecule has 0 saturated heterocycles. The summed E-state index contributed by atoms with van der Waals surface area (Å²) in [6.07, 6.45) is 6.17. The number of nitrogens with zero attached hydrogens (tertiary/aromatic N) is 4. The van der Waals surface area contributed by atoms with Gasteiger partial charge in [0.1, 0.15) is 5.82 Å². The summed E-state index contributed by atoms with van der Waals surface area (Å²) in [4.78, 5) is 17.7. The van der Waals surface area contributed by atoms with Crippen molar-refractivity contribution < 1.29 is 4.79 Å². The number of carbonyl (C=O) groups excluding carboxylic acids is 1. The molecule has 0 aliphatic carbocycles. The number of amides is 1. The van der Waals surface area contributed by atoms with Crippen LogP contribution in [0, 0.1) is 11.3 Å². The van der Waals surface area contributed by atoms with Gasteiger partial charge < -0.3 is 10.6 Å². The first-order valence-electron chi connectivity index (χ1n) is 11.2. The van der Waals surface area contributed by atoms with E-state index in [0.29, 0.717) is 29.5 Å². The number of nitrogens with one attached hydrogen (secondary N) is 2. The maximum absolute atomic E-state index is 13.3. The summed E-state index contributed by atoms with van der Waals surface area (Å²) >= 11 is 6.44. The quantitative estimate of drug-likeness (QED) is 0.339. The molecule has 0 bridgehead atoms. The zero-order valence-electron chi connectivity index (χ0n) is 19.3. The topological polar surface area (TPSA) is 95.6 Å². The number of pyridine rings is 1. The summed E-state index contributed by atoms with van der Waals surface area (Å²) in [6, 6.07) is 20.7. The molecule has 2 heterocycles. The maximum Gasteiger partial charge on any atom is 0.234 e. The lowest BCUT2D eigenvalue weighted by atomic mass is 9.97. The summed E-state index contributed by atoms with van der Waals surface area (Å²) in [5, 5.41) is 20.0. The van der Waals surface area contributed by atoms with E-state index in [1.165, 1.54) is 0 Å². The van der Waals surface area contributed by atoms with Crippen LogP contribution in [0.1, 0.15) is 22.6 Å². The van der Waals surface area contributed by atoms with Crippen LogP contribution in [0.25, 0.3) is 11.1 Å². The fraction of sp³-hybridized carbons (Fsp3) is 0.185. The Bertz CT molecular complexity index is 1330. The second-order valence-corrected chi connectivity index (χ2v) is 8.57. The average Bonchev–Trinajstić information content (AvgIpc) is 3.31. The van der Waals surface area contributed by atoms with E-state index in [1.807, 2.05) is 61.8 Å². The van der Waals surface area contributed by atoms with Gasteiger partial charge in [-0.2, -0.15) is 10.4 Å². The molecule has 2 aromatic heterocycles. The Morgan fingerprint density at radius 1 is 1.09 bits per heavy atom. The highest BCUT2D eigenvalue weighted by Crippen LogP contribution is 2.26. The normalized spacial score (nSPS) is 11.6. The number of halogens is 1. The van der Waals surface area contributed by atoms with Crippen molar-refractivity contribution in [2.75, 3.05) is 18.4 Å². The van der Waals surface area contributed by atoms with Gasteiger partial charge in [-0.3, -0.25) is 9.48 Å². The molecule has 1 atom stereocenters. The Morgan fingerprint density at radius 2 is 1.89 bits per heavy atom. The van der Waals surface area contributed by atoms with Crippen LogP contribution in [0.4, 0.5) is 5.82 Å². The molecule has 2 N–H and O–H groups in total. The summed E-state index contributed by atoms with van der Waals surface area (Å²) in [5.41, 5.74) is 4.39. The second kappa shape index (κ2) is 11.4. The van der Waals surface area contributed by atoms with E-state index in [-0.39, 0.29) is 5.91 Å². The van der Waals surface area contributed by atoms with Gasteiger partial charge in [-0.05, 0) is 54.4 Å². The first-order chi connectivity index (χ1) is 17.0. The fourth-order valence-electron chi connectivity index (χ4n) is 3.75. The number of aryl methyl sites for hydroxylation is 1. The minimum Gasteiger partial charge on any atom is -0.315 e. The minimum atomic E-state index is -0.496. The highest BCUT2D eigenvalue weighted by Gasteiger charge is 2.23. The van der Waals surface area contributed by atoms with Crippen molar-refractivity contribution in [2.45, 2.75) is 12.3 Å². The number of anilines is 1. The Balaban J connectivity index is 1.41. The van der Waals surface area contributed by atoms with E-state index >= 15 is 0 Å². The minimum absolute atomic E-state index is 0.189. The predicted octanol–water partition coefficient (Wildman–Crippen LogP) is 4.56. The summed E-state index contributed by atoms with van der Waals surface area (Å²) < 4.78 is 1.73. The van der Waals surface area contributed by atoms with E-state index in [4.69, 9.17) is 16.9 Å². The molecule has 0 spiro atoms. The molecule has 1 unspecified atom stereocenters. The molecular formula is C27H25ClN6O. The first-order valence-corrected chi connectivity index (χ1v) is 11.6. The number of hydrogen-bond acceptors (Lipinski definition) is 5. The van der Waals surface area contributed by atoms with Crippen molar-refractivity contribution in [2.24, 2.45) is 7.05 Å². The van der Waals surface area contributed by atoms with Crippen molar-refractivity contribution in [3.63, 3.8) is 0 Å². The summed E-state index contributed by atoms with van der Waals surface area (Å²) in [7, 11) is 1.86. The predicted molar refractivity (Wildman–Crippen MR) is 137 cm³/mol. The molecule has 35 heavy (non-hydrogen) atoms. The average molecular weight is 485 g/mol. The molecule has 4 aromatic rings. The van der Waals surface area contributed by atoms with Crippen LogP contribution in [-0.2, 0) is 18.3 Å². The zero-order valence-corrected chi connectivity index (χ0v) is 20.0. The molecule has 2 aromatic carbocycles. The number of hydrogen-bond donors (Lipinski definition) is 2. The van der Waals surface area contributed by atoms with Crippen LogP contribution < -0.4 is 10.6 Å². The Labute approximate surface area is 209 Å². The molecule has 176 valence electrons. The number of nitriles is 1. The first kappa shape index (κ1) is 24.1. The van der Waals surface area contributed by atoms with Gasteiger partial charge in [-0.15, -0.1) is 0 Å². The third-order valence-corrected chi connectivity index (χ3v) is 6.02. The van der Waals surface area contributed by atoms with Gasteiger partial charge in [-0.1, -0.05) is 41.9 Å². The number of benzene rings is 2. The van der Waals surface area contributed by atoms with Crippen molar-refractivity contribution >= 4 is 23.3 Å². The molecule has 1 amide bonds. The van der Waals surface area contributed by atoms with Gasteiger partial charge in [0, 0.05) is 42.1 Å². The lowest BCUT2D eigenvalue weighted by Crippen LogP contribution is -2.32. The SMILES string of the molecule is Cn1cc(-c2ccc(NC(=O)C(CNCCc3ccc(C#N)cc3)c3ccccc3Cl)nc2)cn1. The van der Waals surface area contributed by atoms with Gasteiger partial charge in [0.05, 0.1) is 23.7 Å². The number of carbonyl (C=O) groups is 1. The van der Waals surface area contributed by atoms with Gasteiger partial charge >= 0.3 is 0 Å². The van der Waals surface area contributed by atoms with Gasteiger partial charge in [-0.25, -0.2) is 4.98 Å². The van der Waals surface area contributed by atoms with E-state index < -0.39 is 5.92 Å². The highest BCUT2D eigenvalue weighted by molar-refractivity contribution is 6.31. The van der Waals surface area contributed by atoms with E-state index in [1.54, 1.807) is 29.2 Å². The Kier molecular flexibility index (Phi) is 7.88. The standard InChI is InChI=1S/C27H25ClN6O/c1-34-18-22(16-32-34)21-10-11-26(31-15-21)33-27(35)24(23-4-2-3-5-25(23)28)17-30-13-12-19-6-8-20(14-29)9-7-19/h2-11,15-16,18,24,30H,12-13,17H2,1H3,(H,31,33,35). The Morgan fingerprint density at radius 3 is 2.54 bits per heavy atom. The third-order valence-electron chi connectivity index (χ3n) is 5.67. The van der Waals surface area contributed by atoms with E-state index in [0.717, 1.165) is 28.7 Å². The molecule has 8 heteroatoms. The van der Waals surface area contributed by atoms with Crippen molar-refractivity contribution in [3.05, 3.63) is 101 Å².